The monoisotopic (exact) mass is 207 g/mol. The van der Waals surface area contributed by atoms with E-state index in [1.54, 1.807) is 0 Å². The first-order valence-corrected chi connectivity index (χ1v) is 5.39. The number of rotatable bonds is 2. The summed E-state index contributed by atoms with van der Waals surface area (Å²) in [4.78, 5) is 4.62. The van der Waals surface area contributed by atoms with E-state index in [1.807, 2.05) is 13.0 Å². The van der Waals surface area contributed by atoms with E-state index in [1.165, 1.54) is 24.0 Å². The van der Waals surface area contributed by atoms with Crippen molar-refractivity contribution in [3.63, 3.8) is 0 Å². The van der Waals surface area contributed by atoms with Gasteiger partial charge in [-0.25, -0.2) is 5.90 Å². The first kappa shape index (κ1) is 10.5. The van der Waals surface area contributed by atoms with Crippen molar-refractivity contribution in [2.45, 2.75) is 39.2 Å². The van der Waals surface area contributed by atoms with Crippen molar-refractivity contribution in [3.05, 3.63) is 28.3 Å². The second-order valence-electron chi connectivity index (χ2n) is 4.16. The molecule has 1 aromatic carbocycles. The van der Waals surface area contributed by atoms with Gasteiger partial charge in [-0.1, -0.05) is 0 Å². The molecule has 0 radical (unpaired) electrons. The molecule has 1 aliphatic carbocycles. The molecule has 3 nitrogen and oxygen atoms in total. The van der Waals surface area contributed by atoms with Gasteiger partial charge in [0.15, 0.2) is 0 Å². The van der Waals surface area contributed by atoms with E-state index in [0.717, 1.165) is 24.0 Å². The molecular weight excluding hydrogens is 190 g/mol. The molecule has 0 saturated heterocycles. The average molecular weight is 207 g/mol. The number of fused-ring (bicyclic) bond motifs is 1. The van der Waals surface area contributed by atoms with Gasteiger partial charge in [-0.2, -0.15) is 0 Å². The number of phenols is 1. The number of aromatic hydroxyl groups is 1. The summed E-state index contributed by atoms with van der Waals surface area (Å²) < 4.78 is 0. The molecule has 2 rings (SSSR count). The van der Waals surface area contributed by atoms with Gasteiger partial charge in [0.2, 0.25) is 0 Å². The summed E-state index contributed by atoms with van der Waals surface area (Å²) in [7, 11) is 0. The summed E-state index contributed by atoms with van der Waals surface area (Å²) in [5, 5.41) is 9.84. The van der Waals surface area contributed by atoms with Crippen LogP contribution >= 0.6 is 0 Å². The van der Waals surface area contributed by atoms with Gasteiger partial charge in [0.1, 0.15) is 5.75 Å². The van der Waals surface area contributed by atoms with Gasteiger partial charge in [0, 0.05) is 5.56 Å². The van der Waals surface area contributed by atoms with Crippen LogP contribution in [0.15, 0.2) is 6.07 Å². The highest BCUT2D eigenvalue weighted by atomic mass is 16.6. The van der Waals surface area contributed by atoms with Crippen molar-refractivity contribution in [2.24, 2.45) is 5.90 Å². The number of benzene rings is 1. The Morgan fingerprint density at radius 3 is 2.87 bits per heavy atom. The molecule has 0 atom stereocenters. The summed E-state index contributed by atoms with van der Waals surface area (Å²) in [6.45, 7) is 2.32. The number of nitrogens with two attached hydrogens (primary N) is 1. The predicted molar refractivity (Wildman–Crippen MR) is 58.5 cm³/mol. The first-order chi connectivity index (χ1) is 7.24. The van der Waals surface area contributed by atoms with Crippen LogP contribution in [0.3, 0.4) is 0 Å². The molecule has 1 aromatic rings. The summed E-state index contributed by atoms with van der Waals surface area (Å²) >= 11 is 0. The molecule has 15 heavy (non-hydrogen) atoms. The lowest BCUT2D eigenvalue weighted by molar-refractivity contribution is 0.121. The van der Waals surface area contributed by atoms with E-state index in [0.29, 0.717) is 5.75 Å². The molecule has 0 aromatic heterocycles. The Morgan fingerprint density at radius 2 is 2.13 bits per heavy atom. The Kier molecular flexibility index (Phi) is 2.93. The molecule has 3 N–H and O–H groups in total. The molecule has 0 spiro atoms. The lowest BCUT2D eigenvalue weighted by atomic mass is 9.86. The van der Waals surface area contributed by atoms with E-state index >= 15 is 0 Å². The summed E-state index contributed by atoms with van der Waals surface area (Å²) in [5.74, 6) is 5.38. The molecule has 0 bridgehead atoms. The minimum Gasteiger partial charge on any atom is -0.508 e. The normalized spacial score (nSPS) is 15.1. The third-order valence-corrected chi connectivity index (χ3v) is 3.26. The Hall–Kier alpha value is -1.06. The van der Waals surface area contributed by atoms with Crippen LogP contribution in [0.4, 0.5) is 0 Å². The largest absolute Gasteiger partial charge is 0.508 e. The van der Waals surface area contributed by atoms with Crippen LogP contribution in [0.2, 0.25) is 0 Å². The fourth-order valence-corrected chi connectivity index (χ4v) is 2.41. The average Bonchev–Trinajstić information content (AvgIpc) is 2.24. The zero-order chi connectivity index (χ0) is 10.8. The van der Waals surface area contributed by atoms with Crippen molar-refractivity contribution in [1.29, 1.82) is 0 Å². The second kappa shape index (κ2) is 4.21. The molecule has 0 unspecified atom stereocenters. The first-order valence-electron chi connectivity index (χ1n) is 5.39. The molecule has 1 aliphatic rings. The highest BCUT2D eigenvalue weighted by Gasteiger charge is 2.17. The highest BCUT2D eigenvalue weighted by molar-refractivity contribution is 5.49. The molecule has 0 amide bonds. The Morgan fingerprint density at radius 1 is 1.40 bits per heavy atom. The lowest BCUT2D eigenvalue weighted by Gasteiger charge is -2.21. The van der Waals surface area contributed by atoms with Crippen LogP contribution in [-0.4, -0.2) is 5.11 Å². The van der Waals surface area contributed by atoms with E-state index in [-0.39, 0.29) is 6.61 Å². The summed E-state index contributed by atoms with van der Waals surface area (Å²) in [5.41, 5.74) is 4.65. The summed E-state index contributed by atoms with van der Waals surface area (Å²) in [6, 6.07) is 1.87. The third kappa shape index (κ3) is 1.85. The van der Waals surface area contributed by atoms with Crippen molar-refractivity contribution >= 4 is 0 Å². The van der Waals surface area contributed by atoms with Crippen molar-refractivity contribution in [3.8, 4) is 5.75 Å². The van der Waals surface area contributed by atoms with E-state index < -0.39 is 0 Å². The zero-order valence-corrected chi connectivity index (χ0v) is 9.05. The maximum Gasteiger partial charge on any atom is 0.121 e. The van der Waals surface area contributed by atoms with Gasteiger partial charge in [-0.05, 0) is 55.4 Å². The molecule has 0 heterocycles. The van der Waals surface area contributed by atoms with Gasteiger partial charge >= 0.3 is 0 Å². The van der Waals surface area contributed by atoms with Crippen LogP contribution < -0.4 is 5.90 Å². The standard InChI is InChI=1S/C12H17NO2/c1-8-10-5-3-2-4-9(10)6-12(14)11(8)7-15-13/h6,14H,2-5,7,13H2,1H3. The van der Waals surface area contributed by atoms with Crippen molar-refractivity contribution in [1.82, 2.24) is 0 Å². The number of hydrogen-bond acceptors (Lipinski definition) is 3. The minimum absolute atomic E-state index is 0.283. The van der Waals surface area contributed by atoms with Crippen LogP contribution in [-0.2, 0) is 24.3 Å². The molecular formula is C12H17NO2. The second-order valence-corrected chi connectivity index (χ2v) is 4.16. The summed E-state index contributed by atoms with van der Waals surface area (Å²) in [6.07, 6.45) is 4.65. The number of phenolic OH excluding ortho intramolecular Hbond substituents is 1. The smallest absolute Gasteiger partial charge is 0.121 e. The lowest BCUT2D eigenvalue weighted by Crippen LogP contribution is -2.09. The molecule has 0 aliphatic heterocycles. The van der Waals surface area contributed by atoms with Crippen molar-refractivity contribution < 1.29 is 9.94 Å². The molecule has 0 saturated carbocycles. The van der Waals surface area contributed by atoms with E-state index in [2.05, 4.69) is 4.84 Å². The Balaban J connectivity index is 2.49. The SMILES string of the molecule is Cc1c(CON)c(O)cc2c1CCCC2. The zero-order valence-electron chi connectivity index (χ0n) is 9.05. The van der Waals surface area contributed by atoms with Crippen LogP contribution in [0.1, 0.15) is 35.1 Å². The van der Waals surface area contributed by atoms with Gasteiger partial charge in [-0.15, -0.1) is 0 Å². The van der Waals surface area contributed by atoms with Crippen LogP contribution in [0, 0.1) is 6.92 Å². The van der Waals surface area contributed by atoms with Crippen molar-refractivity contribution in [2.75, 3.05) is 0 Å². The van der Waals surface area contributed by atoms with Gasteiger partial charge in [-0.3, -0.25) is 4.84 Å². The topological polar surface area (TPSA) is 55.5 Å². The maximum absolute atomic E-state index is 9.84. The number of aryl methyl sites for hydroxylation is 1. The highest BCUT2D eigenvalue weighted by Crippen LogP contribution is 2.32. The Labute approximate surface area is 89.8 Å². The van der Waals surface area contributed by atoms with E-state index in [4.69, 9.17) is 5.90 Å². The quantitative estimate of drug-likeness (QED) is 0.729. The molecule has 3 heteroatoms. The predicted octanol–water partition coefficient (Wildman–Crippen LogP) is 1.97. The minimum atomic E-state index is 0.283. The molecule has 0 fully saturated rings. The van der Waals surface area contributed by atoms with Crippen LogP contribution in [0.25, 0.3) is 0 Å². The van der Waals surface area contributed by atoms with Crippen LogP contribution in [0.5, 0.6) is 5.75 Å². The fourth-order valence-electron chi connectivity index (χ4n) is 2.41. The number of hydrogen-bond donors (Lipinski definition) is 2. The fraction of sp³-hybridized carbons (Fsp3) is 0.500. The van der Waals surface area contributed by atoms with Gasteiger partial charge in [0.25, 0.3) is 0 Å². The maximum atomic E-state index is 9.84. The van der Waals surface area contributed by atoms with E-state index in [9.17, 15) is 5.11 Å². The van der Waals surface area contributed by atoms with Gasteiger partial charge < -0.3 is 5.11 Å². The Bertz CT molecular complexity index is 374. The van der Waals surface area contributed by atoms with Gasteiger partial charge in [0.05, 0.1) is 6.61 Å². The molecule has 82 valence electrons. The third-order valence-electron chi connectivity index (χ3n) is 3.26.